The highest BCUT2D eigenvalue weighted by molar-refractivity contribution is 7.89. The molecule has 1 heterocycles. The number of rotatable bonds is 2. The maximum Gasteiger partial charge on any atom is 0.245 e. The average Bonchev–Trinajstić information content (AvgIpc) is 2.59. The summed E-state index contributed by atoms with van der Waals surface area (Å²) < 4.78 is 57.6. The maximum atomic E-state index is 13.3. The summed E-state index contributed by atoms with van der Waals surface area (Å²) in [5, 5.41) is 10.6. The number of benzene rings is 2. The Hall–Kier alpha value is -2.03. The summed E-state index contributed by atoms with van der Waals surface area (Å²) in [5.41, 5.74) is -1.19. The molecule has 0 bridgehead atoms. The molecule has 1 N–H and O–H groups in total. The third kappa shape index (κ3) is 2.38. The van der Waals surface area contributed by atoms with Gasteiger partial charge < -0.3 is 9.84 Å². The molecule has 2 aromatic carbocycles. The Kier molecular flexibility index (Phi) is 3.67. The predicted molar refractivity (Wildman–Crippen MR) is 82.1 cm³/mol. The fourth-order valence-corrected chi connectivity index (χ4v) is 4.53. The second-order valence-electron chi connectivity index (χ2n) is 5.76. The minimum atomic E-state index is -3.81. The molecule has 2 aromatic rings. The van der Waals surface area contributed by atoms with Gasteiger partial charge in [-0.25, -0.2) is 17.2 Å². The maximum absolute atomic E-state index is 13.3. The summed E-state index contributed by atoms with van der Waals surface area (Å²) in [6.45, 7) is 2.93. The standard InChI is InChI=1S/C16H15F2NO4S/c1-9-13(23-12-7-10(17)6-11(18)8-12)4-5-14-15(9)16(2,20)19(3)24(14,21)22/h4-8,20H,1-3H3. The van der Waals surface area contributed by atoms with Gasteiger partial charge in [-0.1, -0.05) is 0 Å². The first-order valence-corrected chi connectivity index (χ1v) is 8.48. The van der Waals surface area contributed by atoms with Crippen molar-refractivity contribution in [3.63, 3.8) is 0 Å². The normalized spacial score (nSPS) is 22.4. The van der Waals surface area contributed by atoms with Crippen molar-refractivity contribution in [1.29, 1.82) is 0 Å². The number of sulfonamides is 1. The number of halogens is 2. The SMILES string of the molecule is Cc1c(Oc2cc(F)cc(F)c2)ccc2c1C(C)(O)N(C)S2(=O)=O. The van der Waals surface area contributed by atoms with E-state index in [0.29, 0.717) is 5.56 Å². The monoisotopic (exact) mass is 355 g/mol. The van der Waals surface area contributed by atoms with Crippen LogP contribution in [0, 0.1) is 18.6 Å². The molecule has 128 valence electrons. The van der Waals surface area contributed by atoms with E-state index in [1.165, 1.54) is 26.1 Å². The number of aliphatic hydroxyl groups is 1. The van der Waals surface area contributed by atoms with Crippen LogP contribution in [0.4, 0.5) is 8.78 Å². The molecular weight excluding hydrogens is 340 g/mol. The summed E-state index contributed by atoms with van der Waals surface area (Å²) in [5.74, 6) is -1.45. The highest BCUT2D eigenvalue weighted by Crippen LogP contribution is 2.45. The lowest BCUT2D eigenvalue weighted by molar-refractivity contribution is -0.0324. The minimum absolute atomic E-state index is 0.0229. The van der Waals surface area contributed by atoms with Crippen LogP contribution >= 0.6 is 0 Å². The Labute approximate surface area is 138 Å². The fourth-order valence-electron chi connectivity index (χ4n) is 2.84. The van der Waals surface area contributed by atoms with E-state index in [4.69, 9.17) is 4.74 Å². The van der Waals surface area contributed by atoms with Crippen LogP contribution in [0.5, 0.6) is 11.5 Å². The van der Waals surface area contributed by atoms with E-state index in [9.17, 15) is 22.3 Å². The van der Waals surface area contributed by atoms with Crippen LogP contribution in [0.2, 0.25) is 0 Å². The highest BCUT2D eigenvalue weighted by atomic mass is 32.2. The van der Waals surface area contributed by atoms with E-state index in [-0.39, 0.29) is 22.0 Å². The molecule has 0 radical (unpaired) electrons. The fraction of sp³-hybridized carbons (Fsp3) is 0.250. The zero-order valence-corrected chi connectivity index (χ0v) is 14.0. The molecule has 0 saturated heterocycles. The Balaban J connectivity index is 2.13. The average molecular weight is 355 g/mol. The molecule has 24 heavy (non-hydrogen) atoms. The topological polar surface area (TPSA) is 66.8 Å². The lowest BCUT2D eigenvalue weighted by atomic mass is 9.98. The summed E-state index contributed by atoms with van der Waals surface area (Å²) in [6, 6.07) is 5.44. The van der Waals surface area contributed by atoms with Gasteiger partial charge in [-0.05, 0) is 26.0 Å². The van der Waals surface area contributed by atoms with E-state index in [0.717, 1.165) is 22.5 Å². The Morgan fingerprint density at radius 2 is 1.75 bits per heavy atom. The summed E-state index contributed by atoms with van der Waals surface area (Å²) in [7, 11) is -2.53. The van der Waals surface area contributed by atoms with E-state index >= 15 is 0 Å². The lowest BCUT2D eigenvalue weighted by Gasteiger charge is -2.26. The predicted octanol–water partition coefficient (Wildman–Crippen LogP) is 2.86. The van der Waals surface area contributed by atoms with Crippen LogP contribution in [0.3, 0.4) is 0 Å². The van der Waals surface area contributed by atoms with Gasteiger partial charge in [-0.15, -0.1) is 0 Å². The van der Waals surface area contributed by atoms with Crippen molar-refractivity contribution in [2.75, 3.05) is 7.05 Å². The smallest absolute Gasteiger partial charge is 0.245 e. The Morgan fingerprint density at radius 3 is 2.33 bits per heavy atom. The zero-order chi connectivity index (χ0) is 17.9. The number of fused-ring (bicyclic) bond motifs is 1. The van der Waals surface area contributed by atoms with Crippen LogP contribution in [-0.2, 0) is 15.7 Å². The second kappa shape index (κ2) is 5.23. The molecule has 0 spiro atoms. The van der Waals surface area contributed by atoms with E-state index in [2.05, 4.69) is 0 Å². The number of nitrogens with zero attached hydrogens (tertiary/aromatic N) is 1. The van der Waals surface area contributed by atoms with Crippen LogP contribution in [0.15, 0.2) is 35.2 Å². The summed E-state index contributed by atoms with van der Waals surface area (Å²) in [6.07, 6.45) is 0. The molecular formula is C16H15F2NO4S. The molecule has 8 heteroatoms. The number of hydrogen-bond acceptors (Lipinski definition) is 4. The van der Waals surface area contributed by atoms with Crippen molar-refractivity contribution in [3.05, 3.63) is 53.1 Å². The molecule has 1 unspecified atom stereocenters. The quantitative estimate of drug-likeness (QED) is 0.900. The second-order valence-corrected chi connectivity index (χ2v) is 7.70. The Bertz CT molecular complexity index is 921. The van der Waals surface area contributed by atoms with E-state index in [1.54, 1.807) is 6.92 Å². The van der Waals surface area contributed by atoms with E-state index < -0.39 is 27.4 Å². The molecule has 1 aliphatic heterocycles. The first kappa shape index (κ1) is 16.8. The van der Waals surface area contributed by atoms with Gasteiger partial charge in [0.1, 0.15) is 23.1 Å². The lowest BCUT2D eigenvalue weighted by Crippen LogP contribution is -2.38. The molecule has 0 saturated carbocycles. The number of hydrogen-bond donors (Lipinski definition) is 1. The number of ether oxygens (including phenoxy) is 1. The van der Waals surface area contributed by atoms with Gasteiger partial charge >= 0.3 is 0 Å². The molecule has 1 atom stereocenters. The van der Waals surface area contributed by atoms with Gasteiger partial charge in [-0.2, -0.15) is 4.31 Å². The van der Waals surface area contributed by atoms with Gasteiger partial charge in [0.2, 0.25) is 10.0 Å². The van der Waals surface area contributed by atoms with Crippen molar-refractivity contribution in [2.24, 2.45) is 0 Å². The first-order valence-electron chi connectivity index (χ1n) is 7.04. The van der Waals surface area contributed by atoms with Gasteiger partial charge in [-0.3, -0.25) is 0 Å². The molecule has 0 aromatic heterocycles. The molecule has 0 aliphatic carbocycles. The van der Waals surface area contributed by atoms with Crippen molar-refractivity contribution >= 4 is 10.0 Å². The molecule has 3 rings (SSSR count). The van der Waals surface area contributed by atoms with Crippen molar-refractivity contribution < 1.29 is 27.0 Å². The van der Waals surface area contributed by atoms with Crippen molar-refractivity contribution in [1.82, 2.24) is 4.31 Å². The third-order valence-corrected chi connectivity index (χ3v) is 6.14. The molecule has 0 amide bonds. The highest BCUT2D eigenvalue weighted by Gasteiger charge is 2.49. The first-order chi connectivity index (χ1) is 11.0. The molecule has 0 fully saturated rings. The van der Waals surface area contributed by atoms with Gasteiger partial charge in [0, 0.05) is 36.4 Å². The van der Waals surface area contributed by atoms with Crippen molar-refractivity contribution in [2.45, 2.75) is 24.5 Å². The van der Waals surface area contributed by atoms with Crippen LogP contribution in [0.1, 0.15) is 18.1 Å². The van der Waals surface area contributed by atoms with Crippen LogP contribution in [0.25, 0.3) is 0 Å². The van der Waals surface area contributed by atoms with Gasteiger partial charge in [0.25, 0.3) is 0 Å². The van der Waals surface area contributed by atoms with Gasteiger partial charge in [0.15, 0.2) is 5.72 Å². The van der Waals surface area contributed by atoms with Crippen LogP contribution < -0.4 is 4.74 Å². The molecule has 1 aliphatic rings. The summed E-state index contributed by atoms with van der Waals surface area (Å²) in [4.78, 5) is -0.0229. The van der Waals surface area contributed by atoms with E-state index in [1.807, 2.05) is 0 Å². The summed E-state index contributed by atoms with van der Waals surface area (Å²) >= 11 is 0. The molecule has 5 nitrogen and oxygen atoms in total. The van der Waals surface area contributed by atoms with Gasteiger partial charge in [0.05, 0.1) is 4.90 Å². The van der Waals surface area contributed by atoms with Crippen molar-refractivity contribution in [3.8, 4) is 11.5 Å². The Morgan fingerprint density at radius 1 is 1.17 bits per heavy atom. The minimum Gasteiger partial charge on any atom is -0.457 e. The third-order valence-electron chi connectivity index (χ3n) is 4.17. The largest absolute Gasteiger partial charge is 0.457 e. The zero-order valence-electron chi connectivity index (χ0n) is 13.2. The van der Waals surface area contributed by atoms with Crippen LogP contribution in [-0.4, -0.2) is 24.9 Å².